The van der Waals surface area contributed by atoms with Crippen LogP contribution < -0.4 is 0 Å². The predicted octanol–water partition coefficient (Wildman–Crippen LogP) is 4.35. The number of carbonyl (C=O) groups excluding carboxylic acids is 1. The second-order valence-electron chi connectivity index (χ2n) is 4.66. The van der Waals surface area contributed by atoms with Crippen molar-refractivity contribution in [2.24, 2.45) is 5.92 Å². The fourth-order valence-electron chi connectivity index (χ4n) is 2.13. The lowest BCUT2D eigenvalue weighted by molar-refractivity contribution is 0.0690. The van der Waals surface area contributed by atoms with Gasteiger partial charge < -0.3 is 4.90 Å². The zero-order chi connectivity index (χ0) is 13.3. The number of rotatable bonds is 1. The molecule has 1 amide bonds. The summed E-state index contributed by atoms with van der Waals surface area (Å²) in [5.41, 5.74) is 0.575. The van der Waals surface area contributed by atoms with E-state index in [1.165, 1.54) is 0 Å². The van der Waals surface area contributed by atoms with Crippen LogP contribution in [0, 0.1) is 5.92 Å². The molecule has 2 atom stereocenters. The first-order chi connectivity index (χ1) is 8.49. The molecule has 0 spiro atoms. The minimum Gasteiger partial charge on any atom is -0.338 e. The quantitative estimate of drug-likeness (QED) is 0.648. The molecular formula is C13H14Br2ClNO. The van der Waals surface area contributed by atoms with Crippen LogP contribution in [0.3, 0.4) is 0 Å². The molecule has 0 bridgehead atoms. The second kappa shape index (κ2) is 5.93. The van der Waals surface area contributed by atoms with Gasteiger partial charge in [-0.25, -0.2) is 0 Å². The van der Waals surface area contributed by atoms with E-state index in [2.05, 4.69) is 38.8 Å². The Morgan fingerprint density at radius 3 is 2.89 bits per heavy atom. The Morgan fingerprint density at radius 1 is 1.50 bits per heavy atom. The highest BCUT2D eigenvalue weighted by atomic mass is 79.9. The van der Waals surface area contributed by atoms with Gasteiger partial charge in [0.15, 0.2) is 0 Å². The van der Waals surface area contributed by atoms with Gasteiger partial charge in [0.1, 0.15) is 0 Å². The van der Waals surface area contributed by atoms with Gasteiger partial charge >= 0.3 is 0 Å². The fourth-order valence-corrected chi connectivity index (χ4v) is 3.06. The molecule has 2 unspecified atom stereocenters. The summed E-state index contributed by atoms with van der Waals surface area (Å²) >= 11 is 13.1. The second-order valence-corrected chi connectivity index (χ2v) is 7.16. The van der Waals surface area contributed by atoms with E-state index in [0.29, 0.717) is 21.3 Å². The van der Waals surface area contributed by atoms with Crippen molar-refractivity contribution in [3.63, 3.8) is 0 Å². The summed E-state index contributed by atoms with van der Waals surface area (Å²) < 4.78 is 0.874. The van der Waals surface area contributed by atoms with Crippen molar-refractivity contribution in [2.75, 3.05) is 13.1 Å². The molecule has 2 nitrogen and oxygen atoms in total. The molecule has 0 N–H and O–H groups in total. The number of halogens is 3. The van der Waals surface area contributed by atoms with Crippen molar-refractivity contribution in [1.82, 2.24) is 4.90 Å². The average Bonchev–Trinajstić information content (AvgIpc) is 2.35. The largest absolute Gasteiger partial charge is 0.338 e. The number of piperidine rings is 1. The number of alkyl halides is 1. The van der Waals surface area contributed by atoms with Crippen molar-refractivity contribution in [2.45, 2.75) is 18.2 Å². The van der Waals surface area contributed by atoms with Gasteiger partial charge in [-0.05, 0) is 30.5 Å². The Bertz CT molecular complexity index is 466. The smallest absolute Gasteiger partial charge is 0.255 e. The first-order valence-electron chi connectivity index (χ1n) is 5.87. The highest BCUT2D eigenvalue weighted by Crippen LogP contribution is 2.27. The van der Waals surface area contributed by atoms with Gasteiger partial charge in [0, 0.05) is 22.4 Å². The standard InChI is InChI=1S/C13H14Br2ClNO/c1-8-7-17(5-4-11(8)15)13(18)10-6-9(14)2-3-12(10)16/h2-3,6,8,11H,4-5,7H2,1H3. The van der Waals surface area contributed by atoms with Gasteiger partial charge in [0.05, 0.1) is 10.6 Å². The fraction of sp³-hybridized carbons (Fsp3) is 0.462. The number of hydrogen-bond donors (Lipinski definition) is 0. The van der Waals surface area contributed by atoms with Gasteiger partial charge in [-0.15, -0.1) is 0 Å². The van der Waals surface area contributed by atoms with E-state index in [4.69, 9.17) is 11.6 Å². The third kappa shape index (κ3) is 3.09. The highest BCUT2D eigenvalue weighted by Gasteiger charge is 2.28. The molecule has 1 fully saturated rings. The molecule has 0 saturated carbocycles. The Labute approximate surface area is 129 Å². The third-order valence-corrected chi connectivity index (χ3v) is 5.43. The highest BCUT2D eigenvalue weighted by molar-refractivity contribution is 9.10. The minimum atomic E-state index is 0.0209. The number of amides is 1. The summed E-state index contributed by atoms with van der Waals surface area (Å²) in [5.74, 6) is 0.487. The molecule has 5 heteroatoms. The zero-order valence-electron chi connectivity index (χ0n) is 10.00. The summed E-state index contributed by atoms with van der Waals surface area (Å²) in [6.07, 6.45) is 0.985. The van der Waals surface area contributed by atoms with Gasteiger partial charge in [-0.1, -0.05) is 50.4 Å². The van der Waals surface area contributed by atoms with Crippen LogP contribution in [0.25, 0.3) is 0 Å². The predicted molar refractivity (Wildman–Crippen MR) is 81.6 cm³/mol. The first kappa shape index (κ1) is 14.4. The van der Waals surface area contributed by atoms with E-state index in [0.717, 1.165) is 24.0 Å². The number of carbonyl (C=O) groups is 1. The average molecular weight is 396 g/mol. The Balaban J connectivity index is 2.19. The maximum absolute atomic E-state index is 12.4. The van der Waals surface area contributed by atoms with Crippen LogP contribution in [-0.2, 0) is 0 Å². The van der Waals surface area contributed by atoms with E-state index in [-0.39, 0.29) is 5.91 Å². The van der Waals surface area contributed by atoms with E-state index in [1.54, 1.807) is 12.1 Å². The molecule has 98 valence electrons. The maximum Gasteiger partial charge on any atom is 0.255 e. The molecular weight excluding hydrogens is 381 g/mol. The van der Waals surface area contributed by atoms with Crippen molar-refractivity contribution < 1.29 is 4.79 Å². The molecule has 1 aliphatic rings. The van der Waals surface area contributed by atoms with Crippen LogP contribution in [0.5, 0.6) is 0 Å². The number of likely N-dealkylation sites (tertiary alicyclic amines) is 1. The lowest BCUT2D eigenvalue weighted by atomic mass is 9.99. The van der Waals surface area contributed by atoms with Gasteiger partial charge in [-0.2, -0.15) is 0 Å². The Hall–Kier alpha value is -0.0600. The lowest BCUT2D eigenvalue weighted by Gasteiger charge is -2.34. The number of nitrogens with zero attached hydrogens (tertiary/aromatic N) is 1. The summed E-state index contributed by atoms with van der Waals surface area (Å²) in [6.45, 7) is 3.71. The summed E-state index contributed by atoms with van der Waals surface area (Å²) in [7, 11) is 0. The topological polar surface area (TPSA) is 20.3 Å². The van der Waals surface area contributed by atoms with E-state index in [1.807, 2.05) is 11.0 Å². The lowest BCUT2D eigenvalue weighted by Crippen LogP contribution is -2.43. The molecule has 1 aliphatic heterocycles. The van der Waals surface area contributed by atoms with E-state index < -0.39 is 0 Å². The SMILES string of the molecule is CC1CN(C(=O)c2cc(Br)ccc2Cl)CCC1Br. The van der Waals surface area contributed by atoms with Gasteiger partial charge in [0.25, 0.3) is 5.91 Å². The van der Waals surface area contributed by atoms with Crippen LogP contribution in [0.1, 0.15) is 23.7 Å². The summed E-state index contributed by atoms with van der Waals surface area (Å²) in [6, 6.07) is 5.38. The normalized spacial score (nSPS) is 24.1. The molecule has 2 rings (SSSR count). The Kier molecular flexibility index (Phi) is 4.73. The van der Waals surface area contributed by atoms with Crippen LogP contribution in [0.2, 0.25) is 5.02 Å². The molecule has 0 radical (unpaired) electrons. The van der Waals surface area contributed by atoms with Gasteiger partial charge in [0.2, 0.25) is 0 Å². The van der Waals surface area contributed by atoms with Crippen LogP contribution in [0.15, 0.2) is 22.7 Å². The maximum atomic E-state index is 12.4. The molecule has 18 heavy (non-hydrogen) atoms. The zero-order valence-corrected chi connectivity index (χ0v) is 13.9. The van der Waals surface area contributed by atoms with Crippen molar-refractivity contribution in [1.29, 1.82) is 0 Å². The summed E-state index contributed by atoms with van der Waals surface area (Å²) in [5, 5.41) is 0.511. The molecule has 1 heterocycles. The minimum absolute atomic E-state index is 0.0209. The van der Waals surface area contributed by atoms with E-state index >= 15 is 0 Å². The van der Waals surface area contributed by atoms with E-state index in [9.17, 15) is 4.79 Å². The Morgan fingerprint density at radius 2 is 2.22 bits per heavy atom. The number of hydrogen-bond acceptors (Lipinski definition) is 1. The molecule has 1 aromatic rings. The molecule has 1 aromatic carbocycles. The molecule has 0 aliphatic carbocycles. The van der Waals surface area contributed by atoms with Crippen LogP contribution in [-0.4, -0.2) is 28.7 Å². The van der Waals surface area contributed by atoms with Crippen molar-refractivity contribution >= 4 is 49.4 Å². The van der Waals surface area contributed by atoms with Crippen LogP contribution >= 0.6 is 43.5 Å². The first-order valence-corrected chi connectivity index (χ1v) is 7.96. The molecule has 1 saturated heterocycles. The summed E-state index contributed by atoms with van der Waals surface area (Å²) in [4.78, 5) is 14.8. The van der Waals surface area contributed by atoms with Gasteiger partial charge in [-0.3, -0.25) is 4.79 Å². The van der Waals surface area contributed by atoms with Crippen LogP contribution in [0.4, 0.5) is 0 Å². The van der Waals surface area contributed by atoms with Crippen molar-refractivity contribution in [3.8, 4) is 0 Å². The third-order valence-electron chi connectivity index (χ3n) is 3.25. The number of benzene rings is 1. The van der Waals surface area contributed by atoms with Crippen molar-refractivity contribution in [3.05, 3.63) is 33.3 Å². The molecule has 0 aromatic heterocycles. The monoisotopic (exact) mass is 393 g/mol.